The van der Waals surface area contributed by atoms with Crippen LogP contribution in [0.3, 0.4) is 0 Å². The van der Waals surface area contributed by atoms with Gasteiger partial charge in [0.25, 0.3) is 5.91 Å². The summed E-state index contributed by atoms with van der Waals surface area (Å²) in [5.41, 5.74) is 1.16. The van der Waals surface area contributed by atoms with Gasteiger partial charge in [0.05, 0.1) is 32.2 Å². The molecule has 2 rings (SSSR count). The summed E-state index contributed by atoms with van der Waals surface area (Å²) in [5, 5.41) is 3.22. The number of hydrogen-bond donors (Lipinski definition) is 2. The standard InChI is InChI=1S/C19H29N3O2/c1-4-8-18(17-9-6-5-7-10-17)20-19(24)15(2)21-11-13-22(14-12-21)16(3)23/h5-7,9-10,15,18H,4,8,11-14H2,1-3H3,(H,20,24)/p+1/t15-,18-/m1/s1. The molecular formula is C19H30N3O2+. The quantitative estimate of drug-likeness (QED) is 0.809. The van der Waals surface area contributed by atoms with E-state index in [-0.39, 0.29) is 23.9 Å². The molecule has 5 heteroatoms. The van der Waals surface area contributed by atoms with E-state index in [4.69, 9.17) is 0 Å². The van der Waals surface area contributed by atoms with Gasteiger partial charge in [-0.1, -0.05) is 43.7 Å². The van der Waals surface area contributed by atoms with E-state index in [1.165, 1.54) is 4.90 Å². The summed E-state index contributed by atoms with van der Waals surface area (Å²) in [6, 6.07) is 10.1. The van der Waals surface area contributed by atoms with Crippen LogP contribution in [0.15, 0.2) is 30.3 Å². The molecule has 1 aliphatic rings. The zero-order chi connectivity index (χ0) is 17.5. The van der Waals surface area contributed by atoms with E-state index in [1.807, 2.05) is 30.0 Å². The molecule has 0 spiro atoms. The lowest BCUT2D eigenvalue weighted by molar-refractivity contribution is -0.918. The third kappa shape index (κ3) is 4.81. The van der Waals surface area contributed by atoms with Crippen molar-refractivity contribution in [3.63, 3.8) is 0 Å². The fourth-order valence-electron chi connectivity index (χ4n) is 3.32. The summed E-state index contributed by atoms with van der Waals surface area (Å²) < 4.78 is 0. The van der Waals surface area contributed by atoms with Crippen molar-refractivity contribution >= 4 is 11.8 Å². The number of quaternary nitrogens is 1. The number of rotatable bonds is 6. The van der Waals surface area contributed by atoms with Crippen LogP contribution in [0, 0.1) is 0 Å². The lowest BCUT2D eigenvalue weighted by Gasteiger charge is -2.34. The Morgan fingerprint density at radius 1 is 1.21 bits per heavy atom. The maximum absolute atomic E-state index is 12.7. The van der Waals surface area contributed by atoms with Crippen LogP contribution < -0.4 is 10.2 Å². The summed E-state index contributed by atoms with van der Waals surface area (Å²) >= 11 is 0. The predicted molar refractivity (Wildman–Crippen MR) is 94.6 cm³/mol. The smallest absolute Gasteiger partial charge is 0.278 e. The molecule has 1 fully saturated rings. The van der Waals surface area contributed by atoms with Gasteiger partial charge in [-0.05, 0) is 18.9 Å². The average molecular weight is 332 g/mol. The lowest BCUT2D eigenvalue weighted by atomic mass is 10.0. The Morgan fingerprint density at radius 3 is 2.38 bits per heavy atom. The van der Waals surface area contributed by atoms with Crippen molar-refractivity contribution in [1.82, 2.24) is 10.2 Å². The number of nitrogens with one attached hydrogen (secondary N) is 2. The number of carbonyl (C=O) groups excluding carboxylic acids is 2. The van der Waals surface area contributed by atoms with E-state index in [0.717, 1.165) is 44.6 Å². The van der Waals surface area contributed by atoms with Gasteiger partial charge in [0.15, 0.2) is 6.04 Å². The van der Waals surface area contributed by atoms with Crippen LogP contribution in [0.2, 0.25) is 0 Å². The molecule has 1 aromatic carbocycles. The molecular weight excluding hydrogens is 302 g/mol. The number of piperazine rings is 1. The van der Waals surface area contributed by atoms with Crippen molar-refractivity contribution in [2.45, 2.75) is 45.7 Å². The summed E-state index contributed by atoms with van der Waals surface area (Å²) in [6.07, 6.45) is 1.97. The molecule has 2 N–H and O–H groups in total. The van der Waals surface area contributed by atoms with Crippen molar-refractivity contribution in [3.05, 3.63) is 35.9 Å². The molecule has 0 bridgehead atoms. The number of amides is 2. The summed E-state index contributed by atoms with van der Waals surface area (Å²) in [5.74, 6) is 0.224. The van der Waals surface area contributed by atoms with Crippen molar-refractivity contribution in [1.29, 1.82) is 0 Å². The van der Waals surface area contributed by atoms with Gasteiger partial charge >= 0.3 is 0 Å². The highest BCUT2D eigenvalue weighted by atomic mass is 16.2. The molecule has 0 aliphatic carbocycles. The summed E-state index contributed by atoms with van der Waals surface area (Å²) in [4.78, 5) is 27.2. The zero-order valence-corrected chi connectivity index (χ0v) is 15.0. The Bertz CT molecular complexity index is 539. The molecule has 24 heavy (non-hydrogen) atoms. The maximum Gasteiger partial charge on any atom is 0.278 e. The summed E-state index contributed by atoms with van der Waals surface area (Å²) in [7, 11) is 0. The van der Waals surface area contributed by atoms with Gasteiger partial charge < -0.3 is 15.1 Å². The molecule has 0 aromatic heterocycles. The second kappa shape index (κ2) is 8.83. The third-order valence-electron chi connectivity index (χ3n) is 4.95. The average Bonchev–Trinajstić information content (AvgIpc) is 2.61. The third-order valence-corrected chi connectivity index (χ3v) is 4.95. The SMILES string of the molecule is CCC[C@@H](NC(=O)[C@@H](C)[NH+]1CCN(C(C)=O)CC1)c1ccccc1. The van der Waals surface area contributed by atoms with Gasteiger partial charge in [-0.2, -0.15) is 0 Å². The fourth-order valence-corrected chi connectivity index (χ4v) is 3.32. The minimum Gasteiger partial charge on any atom is -0.344 e. The topological polar surface area (TPSA) is 53.9 Å². The molecule has 2 atom stereocenters. The molecule has 132 valence electrons. The Kier molecular flexibility index (Phi) is 6.79. The first-order chi connectivity index (χ1) is 11.5. The van der Waals surface area contributed by atoms with Crippen LogP contribution in [0.25, 0.3) is 0 Å². The fraction of sp³-hybridized carbons (Fsp3) is 0.579. The summed E-state index contributed by atoms with van der Waals surface area (Å²) in [6.45, 7) is 8.87. The van der Waals surface area contributed by atoms with E-state index in [9.17, 15) is 9.59 Å². The molecule has 1 heterocycles. The van der Waals surface area contributed by atoms with Gasteiger partial charge in [-0.25, -0.2) is 0 Å². The van der Waals surface area contributed by atoms with Crippen LogP contribution in [0.4, 0.5) is 0 Å². The highest BCUT2D eigenvalue weighted by Gasteiger charge is 2.30. The van der Waals surface area contributed by atoms with Crippen molar-refractivity contribution in [3.8, 4) is 0 Å². The van der Waals surface area contributed by atoms with Crippen LogP contribution in [0.5, 0.6) is 0 Å². The van der Waals surface area contributed by atoms with Crippen LogP contribution in [-0.2, 0) is 9.59 Å². The second-order valence-corrected chi connectivity index (χ2v) is 6.65. The second-order valence-electron chi connectivity index (χ2n) is 6.65. The van der Waals surface area contributed by atoms with Gasteiger partial charge in [0.2, 0.25) is 5.91 Å². The van der Waals surface area contributed by atoms with E-state index in [0.29, 0.717) is 0 Å². The largest absolute Gasteiger partial charge is 0.344 e. The van der Waals surface area contributed by atoms with E-state index in [2.05, 4.69) is 24.4 Å². The predicted octanol–water partition coefficient (Wildman–Crippen LogP) is 0.780. The van der Waals surface area contributed by atoms with Crippen LogP contribution in [-0.4, -0.2) is 48.9 Å². The normalized spacial score (nSPS) is 18.0. The van der Waals surface area contributed by atoms with E-state index < -0.39 is 0 Å². The monoisotopic (exact) mass is 332 g/mol. The highest BCUT2D eigenvalue weighted by Crippen LogP contribution is 2.18. The van der Waals surface area contributed by atoms with E-state index >= 15 is 0 Å². The van der Waals surface area contributed by atoms with Crippen molar-refractivity contribution in [2.24, 2.45) is 0 Å². The Hall–Kier alpha value is -1.88. The molecule has 5 nitrogen and oxygen atoms in total. The number of nitrogens with zero attached hydrogens (tertiary/aromatic N) is 1. The molecule has 0 saturated carbocycles. The van der Waals surface area contributed by atoms with Crippen molar-refractivity contribution in [2.75, 3.05) is 26.2 Å². The van der Waals surface area contributed by atoms with Gasteiger partial charge in [0, 0.05) is 6.92 Å². The molecule has 1 aromatic rings. The molecule has 0 unspecified atom stereocenters. The first kappa shape index (κ1) is 18.5. The number of hydrogen-bond acceptors (Lipinski definition) is 2. The highest BCUT2D eigenvalue weighted by molar-refractivity contribution is 5.80. The first-order valence-corrected chi connectivity index (χ1v) is 8.98. The lowest BCUT2D eigenvalue weighted by Crippen LogP contribution is -3.19. The van der Waals surface area contributed by atoms with Crippen LogP contribution >= 0.6 is 0 Å². The molecule has 1 aliphatic heterocycles. The number of carbonyl (C=O) groups is 2. The maximum atomic E-state index is 12.7. The zero-order valence-electron chi connectivity index (χ0n) is 15.0. The van der Waals surface area contributed by atoms with E-state index in [1.54, 1.807) is 6.92 Å². The molecule has 2 amide bonds. The first-order valence-electron chi connectivity index (χ1n) is 8.98. The van der Waals surface area contributed by atoms with Gasteiger partial charge in [-0.15, -0.1) is 0 Å². The minimum absolute atomic E-state index is 0.0732. The van der Waals surface area contributed by atoms with Crippen molar-refractivity contribution < 1.29 is 14.5 Å². The number of benzene rings is 1. The van der Waals surface area contributed by atoms with Gasteiger partial charge in [0.1, 0.15) is 0 Å². The molecule has 0 radical (unpaired) electrons. The Labute approximate surface area is 145 Å². The van der Waals surface area contributed by atoms with Crippen LogP contribution in [0.1, 0.15) is 45.2 Å². The van der Waals surface area contributed by atoms with Gasteiger partial charge in [-0.3, -0.25) is 9.59 Å². The Balaban J connectivity index is 1.93. The minimum atomic E-state index is -0.0952. The molecule has 1 saturated heterocycles. The Morgan fingerprint density at radius 2 is 1.83 bits per heavy atom.